The molecule has 5 heteroatoms. The van der Waals surface area contributed by atoms with E-state index in [-0.39, 0.29) is 24.0 Å². The molecule has 100 valence electrons. The number of carbonyl (C=O) groups excluding carboxylic acids is 1. The fraction of sp³-hybridized carbons (Fsp3) is 0.692. The third-order valence-electron chi connectivity index (χ3n) is 3.23. The van der Waals surface area contributed by atoms with Gasteiger partial charge in [0.2, 0.25) is 5.78 Å². The Morgan fingerprint density at radius 1 is 1.56 bits per heavy atom. The molecule has 5 nitrogen and oxygen atoms in total. The molecule has 0 amide bonds. The summed E-state index contributed by atoms with van der Waals surface area (Å²) in [5, 5.41) is 4.21. The molecule has 0 aliphatic carbocycles. The van der Waals surface area contributed by atoms with Crippen molar-refractivity contribution in [2.24, 2.45) is 0 Å². The molecule has 0 aromatic carbocycles. The molecular formula is C13H20N2O3. The van der Waals surface area contributed by atoms with Crippen molar-refractivity contribution in [3.8, 4) is 5.75 Å². The van der Waals surface area contributed by atoms with Crippen molar-refractivity contribution >= 4 is 5.78 Å². The summed E-state index contributed by atoms with van der Waals surface area (Å²) in [7, 11) is 1.55. The maximum Gasteiger partial charge on any atom is 0.213 e. The summed E-state index contributed by atoms with van der Waals surface area (Å²) in [6, 6.07) is 0.117. The number of rotatable bonds is 4. The van der Waals surface area contributed by atoms with Crippen LogP contribution in [0, 0.1) is 0 Å². The minimum absolute atomic E-state index is 0.0256. The highest BCUT2D eigenvalue weighted by molar-refractivity contribution is 6.00. The third-order valence-corrected chi connectivity index (χ3v) is 3.23. The topological polar surface area (TPSA) is 53.4 Å². The van der Waals surface area contributed by atoms with Gasteiger partial charge in [-0.1, -0.05) is 0 Å². The van der Waals surface area contributed by atoms with Crippen LogP contribution in [-0.2, 0) is 4.74 Å². The maximum absolute atomic E-state index is 12.5. The standard InChI is InChI=1S/C13H20N2O3/c1-8(2)15-12(11(17-4)7-14-15)13(16)10-6-5-9(3)18-10/h7-10H,5-6H2,1-4H3. The van der Waals surface area contributed by atoms with Gasteiger partial charge in [-0.2, -0.15) is 5.10 Å². The number of nitrogens with zero attached hydrogens (tertiary/aromatic N) is 2. The van der Waals surface area contributed by atoms with Crippen LogP contribution >= 0.6 is 0 Å². The van der Waals surface area contributed by atoms with E-state index in [1.807, 2.05) is 20.8 Å². The third kappa shape index (κ3) is 2.27. The van der Waals surface area contributed by atoms with E-state index in [4.69, 9.17) is 9.47 Å². The Morgan fingerprint density at radius 2 is 2.28 bits per heavy atom. The highest BCUT2D eigenvalue weighted by Crippen LogP contribution is 2.28. The molecule has 1 aliphatic heterocycles. The van der Waals surface area contributed by atoms with Crippen LogP contribution in [-0.4, -0.2) is 34.9 Å². The zero-order valence-electron chi connectivity index (χ0n) is 11.3. The lowest BCUT2D eigenvalue weighted by Crippen LogP contribution is -2.25. The van der Waals surface area contributed by atoms with Gasteiger partial charge in [-0.05, 0) is 33.6 Å². The molecule has 2 unspecified atom stereocenters. The summed E-state index contributed by atoms with van der Waals surface area (Å²) in [5.74, 6) is 0.499. The van der Waals surface area contributed by atoms with E-state index < -0.39 is 0 Å². The van der Waals surface area contributed by atoms with Crippen molar-refractivity contribution < 1.29 is 14.3 Å². The van der Waals surface area contributed by atoms with Gasteiger partial charge < -0.3 is 9.47 Å². The van der Waals surface area contributed by atoms with Gasteiger partial charge in [0, 0.05) is 6.04 Å². The normalized spacial score (nSPS) is 23.6. The molecule has 2 heterocycles. The molecule has 0 N–H and O–H groups in total. The van der Waals surface area contributed by atoms with E-state index in [1.165, 1.54) is 0 Å². The molecule has 2 rings (SSSR count). The summed E-state index contributed by atoms with van der Waals surface area (Å²) in [4.78, 5) is 12.5. The predicted octanol–water partition coefficient (Wildman–Crippen LogP) is 2.22. The van der Waals surface area contributed by atoms with Gasteiger partial charge in [0.15, 0.2) is 5.75 Å². The summed E-state index contributed by atoms with van der Waals surface area (Å²) in [5.41, 5.74) is 0.520. The number of hydrogen-bond donors (Lipinski definition) is 0. The van der Waals surface area contributed by atoms with E-state index in [0.29, 0.717) is 11.4 Å². The SMILES string of the molecule is COc1cnn(C(C)C)c1C(=O)C1CCC(C)O1. The number of ketones is 1. The lowest BCUT2D eigenvalue weighted by molar-refractivity contribution is 0.0421. The van der Waals surface area contributed by atoms with Crippen molar-refractivity contribution in [1.29, 1.82) is 0 Å². The first-order valence-electron chi connectivity index (χ1n) is 6.35. The van der Waals surface area contributed by atoms with Crippen LogP contribution in [0.4, 0.5) is 0 Å². The monoisotopic (exact) mass is 252 g/mol. The molecule has 2 atom stereocenters. The van der Waals surface area contributed by atoms with Crippen molar-refractivity contribution in [1.82, 2.24) is 9.78 Å². The second-order valence-corrected chi connectivity index (χ2v) is 4.98. The second-order valence-electron chi connectivity index (χ2n) is 4.98. The first-order valence-corrected chi connectivity index (χ1v) is 6.35. The maximum atomic E-state index is 12.5. The van der Waals surface area contributed by atoms with Gasteiger partial charge in [0.05, 0.1) is 19.4 Å². The smallest absolute Gasteiger partial charge is 0.213 e. The number of carbonyl (C=O) groups is 1. The van der Waals surface area contributed by atoms with Gasteiger partial charge >= 0.3 is 0 Å². The lowest BCUT2D eigenvalue weighted by atomic mass is 10.1. The largest absolute Gasteiger partial charge is 0.493 e. The Hall–Kier alpha value is -1.36. The van der Waals surface area contributed by atoms with Crippen molar-refractivity contribution in [2.75, 3.05) is 7.11 Å². The molecule has 1 aliphatic rings. The van der Waals surface area contributed by atoms with Crippen LogP contribution in [0.2, 0.25) is 0 Å². The Bertz CT molecular complexity index is 439. The Balaban J connectivity index is 2.31. The number of methoxy groups -OCH3 is 1. The molecule has 0 radical (unpaired) electrons. The van der Waals surface area contributed by atoms with E-state index >= 15 is 0 Å². The number of ether oxygens (including phenoxy) is 2. The van der Waals surface area contributed by atoms with Crippen LogP contribution < -0.4 is 4.74 Å². The second kappa shape index (κ2) is 5.10. The van der Waals surface area contributed by atoms with Crippen molar-refractivity contribution in [3.05, 3.63) is 11.9 Å². The minimum Gasteiger partial charge on any atom is -0.493 e. The molecule has 1 fully saturated rings. The average Bonchev–Trinajstić information content (AvgIpc) is 2.93. The zero-order chi connectivity index (χ0) is 13.3. The van der Waals surface area contributed by atoms with Crippen molar-refractivity contribution in [3.63, 3.8) is 0 Å². The lowest BCUT2D eigenvalue weighted by Gasteiger charge is -2.14. The van der Waals surface area contributed by atoms with Crippen LogP contribution in [0.5, 0.6) is 5.75 Å². The molecule has 0 spiro atoms. The van der Waals surface area contributed by atoms with Crippen LogP contribution in [0.15, 0.2) is 6.20 Å². The molecule has 1 saturated heterocycles. The summed E-state index contributed by atoms with van der Waals surface area (Å²) in [6.07, 6.45) is 3.08. The van der Waals surface area contributed by atoms with Gasteiger partial charge in [-0.3, -0.25) is 9.48 Å². The van der Waals surface area contributed by atoms with Crippen molar-refractivity contribution in [2.45, 2.75) is 51.9 Å². The minimum atomic E-state index is -0.358. The summed E-state index contributed by atoms with van der Waals surface area (Å²) in [6.45, 7) is 5.97. The Morgan fingerprint density at radius 3 is 2.78 bits per heavy atom. The average molecular weight is 252 g/mol. The van der Waals surface area contributed by atoms with E-state index in [2.05, 4.69) is 5.10 Å². The van der Waals surface area contributed by atoms with Gasteiger partial charge in [-0.25, -0.2) is 0 Å². The molecule has 18 heavy (non-hydrogen) atoms. The van der Waals surface area contributed by atoms with Gasteiger partial charge in [0.1, 0.15) is 11.8 Å². The highest BCUT2D eigenvalue weighted by Gasteiger charge is 2.33. The first kappa shape index (κ1) is 13.1. The van der Waals surface area contributed by atoms with E-state index in [9.17, 15) is 4.79 Å². The van der Waals surface area contributed by atoms with Crippen LogP contribution in [0.25, 0.3) is 0 Å². The molecule has 1 aromatic heterocycles. The van der Waals surface area contributed by atoms with E-state index in [0.717, 1.165) is 12.8 Å². The number of hydrogen-bond acceptors (Lipinski definition) is 4. The van der Waals surface area contributed by atoms with Gasteiger partial charge in [-0.15, -0.1) is 0 Å². The predicted molar refractivity (Wildman–Crippen MR) is 67.1 cm³/mol. The van der Waals surface area contributed by atoms with Crippen LogP contribution in [0.1, 0.15) is 50.1 Å². The Kier molecular flexibility index (Phi) is 3.71. The first-order chi connectivity index (χ1) is 8.54. The molecular weight excluding hydrogens is 232 g/mol. The quantitative estimate of drug-likeness (QED) is 0.771. The van der Waals surface area contributed by atoms with Gasteiger partial charge in [0.25, 0.3) is 0 Å². The fourth-order valence-electron chi connectivity index (χ4n) is 2.27. The number of aromatic nitrogens is 2. The fourth-order valence-corrected chi connectivity index (χ4v) is 2.27. The van der Waals surface area contributed by atoms with Crippen LogP contribution in [0.3, 0.4) is 0 Å². The highest BCUT2D eigenvalue weighted by atomic mass is 16.5. The zero-order valence-corrected chi connectivity index (χ0v) is 11.3. The molecule has 0 bridgehead atoms. The summed E-state index contributed by atoms with van der Waals surface area (Å²) < 4.78 is 12.6. The number of Topliss-reactive ketones (excluding diaryl/α,β-unsaturated/α-hetero) is 1. The van der Waals surface area contributed by atoms with E-state index in [1.54, 1.807) is 18.0 Å². The Labute approximate surface area is 107 Å². The molecule has 0 saturated carbocycles. The molecule has 1 aromatic rings. The summed E-state index contributed by atoms with van der Waals surface area (Å²) >= 11 is 0.